The number of carbonyl (C=O) groups excluding carboxylic acids is 5. The van der Waals surface area contributed by atoms with Crippen LogP contribution >= 0.6 is 0 Å². The number of benzene rings is 6. The molecule has 0 unspecified atom stereocenters. The lowest BCUT2D eigenvalue weighted by Crippen LogP contribution is -2.32. The summed E-state index contributed by atoms with van der Waals surface area (Å²) in [5.74, 6) is -2.26. The zero-order chi connectivity index (χ0) is 60.6. The molecule has 6 rings (SSSR count). The van der Waals surface area contributed by atoms with E-state index in [1.807, 2.05) is 12.1 Å². The van der Waals surface area contributed by atoms with Crippen LogP contribution in [0.2, 0.25) is 0 Å². The lowest BCUT2D eigenvalue weighted by Gasteiger charge is -2.24. The van der Waals surface area contributed by atoms with Crippen molar-refractivity contribution in [3.8, 4) is 0 Å². The van der Waals surface area contributed by atoms with Gasteiger partial charge in [-0.2, -0.15) is 0 Å². The molecule has 5 amide bonds. The van der Waals surface area contributed by atoms with Crippen molar-refractivity contribution in [2.45, 2.75) is 175 Å². The molecule has 0 bridgehead atoms. The van der Waals surface area contributed by atoms with Crippen LogP contribution in [0.5, 0.6) is 0 Å². The van der Waals surface area contributed by atoms with E-state index in [4.69, 9.17) is 5.73 Å². The summed E-state index contributed by atoms with van der Waals surface area (Å²) in [5.41, 5.74) is 11.9. The molecule has 0 saturated carbocycles. The van der Waals surface area contributed by atoms with Gasteiger partial charge in [-0.25, -0.2) is 4.79 Å². The Morgan fingerprint density at radius 1 is 0.318 bits per heavy atom. The maximum absolute atomic E-state index is 14.4. The molecule has 5 N–H and O–H groups in total. The molecule has 0 radical (unpaired) electrons. The number of carboxylic acid groups (broad SMARTS) is 1. The van der Waals surface area contributed by atoms with E-state index in [2.05, 4.69) is 31.4 Å². The van der Waals surface area contributed by atoms with E-state index >= 15 is 0 Å². The highest BCUT2D eigenvalue weighted by atomic mass is 16.4. The fourth-order valence-corrected chi connectivity index (χ4v) is 10.5. The highest BCUT2D eigenvalue weighted by Gasteiger charge is 2.22. The minimum absolute atomic E-state index is 0.125. The number of rotatable bonds is 38. The first-order valence-electron chi connectivity index (χ1n) is 31.6. The fourth-order valence-electron chi connectivity index (χ4n) is 10.5. The van der Waals surface area contributed by atoms with Crippen LogP contribution in [0.1, 0.15) is 237 Å². The van der Waals surface area contributed by atoms with Crippen LogP contribution in [-0.2, 0) is 0 Å². The summed E-state index contributed by atoms with van der Waals surface area (Å²) in [5, 5.41) is 15.4. The van der Waals surface area contributed by atoms with Crippen LogP contribution in [0, 0.1) is 0 Å². The summed E-state index contributed by atoms with van der Waals surface area (Å²) in [4.78, 5) is 86.4. The highest BCUT2D eigenvalue weighted by molar-refractivity contribution is 6.10. The van der Waals surface area contributed by atoms with Gasteiger partial charge in [0.1, 0.15) is 0 Å². The lowest BCUT2D eigenvalue weighted by molar-refractivity contribution is 0.0695. The minimum Gasteiger partial charge on any atom is -0.478 e. The molecule has 13 heteroatoms. The van der Waals surface area contributed by atoms with E-state index in [1.165, 1.54) is 95.6 Å². The number of amides is 5. The average molecular weight is 1150 g/mol. The number of nitrogens with two attached hydrogens (primary N) is 1. The van der Waals surface area contributed by atoms with Gasteiger partial charge in [-0.15, -0.1) is 0 Å². The van der Waals surface area contributed by atoms with Gasteiger partial charge in [0, 0.05) is 81.6 Å². The Morgan fingerprint density at radius 2 is 0.553 bits per heavy atom. The molecule has 0 aliphatic heterocycles. The van der Waals surface area contributed by atoms with Crippen molar-refractivity contribution in [3.05, 3.63) is 179 Å². The van der Waals surface area contributed by atoms with Gasteiger partial charge in [0.2, 0.25) is 0 Å². The summed E-state index contributed by atoms with van der Waals surface area (Å²) < 4.78 is 0. The number of aromatic carboxylic acids is 1. The van der Waals surface area contributed by atoms with Crippen LogP contribution in [0.25, 0.3) is 0 Å². The van der Waals surface area contributed by atoms with E-state index in [9.17, 15) is 33.9 Å². The molecule has 0 spiro atoms. The summed E-state index contributed by atoms with van der Waals surface area (Å²) >= 11 is 0. The molecule has 0 aliphatic carbocycles. The smallest absolute Gasteiger partial charge is 0.335 e. The topological polar surface area (TPSA) is 182 Å². The molecular weight excluding hydrogens is 1060 g/mol. The van der Waals surface area contributed by atoms with Gasteiger partial charge >= 0.3 is 5.97 Å². The second kappa shape index (κ2) is 36.6. The molecule has 452 valence electrons. The van der Waals surface area contributed by atoms with E-state index in [-0.39, 0.29) is 35.1 Å². The van der Waals surface area contributed by atoms with Crippen LogP contribution in [0.4, 0.5) is 34.1 Å². The van der Waals surface area contributed by atoms with Gasteiger partial charge in [0.05, 0.1) is 5.56 Å². The number of nitrogens with zero attached hydrogens (tertiary/aromatic N) is 3. The number of carboxylic acids is 1. The van der Waals surface area contributed by atoms with Gasteiger partial charge in [0.15, 0.2) is 0 Å². The van der Waals surface area contributed by atoms with Crippen molar-refractivity contribution in [2.75, 3.05) is 50.7 Å². The third kappa shape index (κ3) is 21.8. The predicted molar refractivity (Wildman–Crippen MR) is 349 cm³/mol. The van der Waals surface area contributed by atoms with Crippen molar-refractivity contribution in [1.82, 2.24) is 0 Å². The van der Waals surface area contributed by atoms with Gasteiger partial charge < -0.3 is 36.2 Å². The molecule has 0 atom stereocenters. The SMILES string of the molecule is CCCCCCCCCCN(C(=O)c1ccc(NC(=O)c2ccc(N(CCCCCCCCCC)C(=O)c3ccc(NC(=O)c4ccc(N(CCCCCCCCCC)C(=O)c5ccc(N)cc5)cc4)cc3)cc2)cc1)c1ccc(C(=O)O)cc1. The molecule has 0 saturated heterocycles. The lowest BCUT2D eigenvalue weighted by atomic mass is 10.1. The Morgan fingerprint density at radius 3 is 0.824 bits per heavy atom. The summed E-state index contributed by atoms with van der Waals surface area (Å²) in [6, 6.07) is 41.0. The first-order chi connectivity index (χ1) is 41.4. The van der Waals surface area contributed by atoms with E-state index < -0.39 is 5.97 Å². The predicted octanol–water partition coefficient (Wildman–Crippen LogP) is 17.8. The number of carbonyl (C=O) groups is 6. The fraction of sp³-hybridized carbons (Fsp3) is 0.417. The molecule has 85 heavy (non-hydrogen) atoms. The van der Waals surface area contributed by atoms with Crippen LogP contribution in [0.3, 0.4) is 0 Å². The van der Waals surface area contributed by atoms with E-state index in [1.54, 1.807) is 136 Å². The van der Waals surface area contributed by atoms with E-state index in [0.29, 0.717) is 81.6 Å². The first-order valence-corrected chi connectivity index (χ1v) is 31.6. The third-order valence-electron chi connectivity index (χ3n) is 15.7. The maximum Gasteiger partial charge on any atom is 0.335 e. The Labute approximate surface area is 505 Å². The maximum atomic E-state index is 14.4. The molecule has 0 aliphatic rings. The quantitative estimate of drug-likeness (QED) is 0.0218. The normalized spacial score (nSPS) is 11.0. The average Bonchev–Trinajstić information content (AvgIpc) is 3.64. The summed E-state index contributed by atoms with van der Waals surface area (Å²) in [6.07, 6.45) is 27.0. The largest absolute Gasteiger partial charge is 0.478 e. The van der Waals surface area contributed by atoms with E-state index in [0.717, 1.165) is 70.6 Å². The number of anilines is 6. The Bertz CT molecular complexity index is 2980. The number of nitrogens with one attached hydrogen (secondary N) is 2. The van der Waals surface area contributed by atoms with Gasteiger partial charge in [0.25, 0.3) is 29.5 Å². The van der Waals surface area contributed by atoms with Crippen LogP contribution in [-0.4, -0.2) is 60.2 Å². The van der Waals surface area contributed by atoms with Gasteiger partial charge in [-0.3, -0.25) is 24.0 Å². The Hall–Kier alpha value is -8.06. The first kappa shape index (κ1) is 66.1. The third-order valence-corrected chi connectivity index (χ3v) is 15.7. The zero-order valence-electron chi connectivity index (χ0n) is 50.8. The molecule has 0 fully saturated rings. The summed E-state index contributed by atoms with van der Waals surface area (Å²) in [6.45, 7) is 8.15. The molecule has 6 aromatic carbocycles. The number of unbranched alkanes of at least 4 members (excludes halogenated alkanes) is 21. The molecule has 0 aromatic heterocycles. The second-order valence-corrected chi connectivity index (χ2v) is 22.4. The Balaban J connectivity index is 1.09. The van der Waals surface area contributed by atoms with Crippen LogP contribution < -0.4 is 31.1 Å². The monoisotopic (exact) mass is 1150 g/mol. The zero-order valence-corrected chi connectivity index (χ0v) is 50.8. The number of hydrogen-bond acceptors (Lipinski definition) is 7. The van der Waals surface area contributed by atoms with Gasteiger partial charge in [-0.1, -0.05) is 156 Å². The minimum atomic E-state index is -1.03. The standard InChI is InChI=1S/C72H92N6O7/c1-4-7-10-13-16-19-22-25-52-76(69(81)57-28-40-61(73)41-29-57)64-46-34-55(35-47-64)67(79)74-62-42-30-58(31-43-62)70(82)77(53-26-23-20-17-14-11-8-5-2)65-48-36-56(37-49-65)68(80)75-63-44-32-59(33-45-63)71(83)78(54-27-24-21-18-15-12-9-6-3)66-50-38-60(39-51-66)72(84)85/h28-51H,4-27,52-54,73H2,1-3H3,(H,74,79)(H,75,80)(H,84,85). The summed E-state index contributed by atoms with van der Waals surface area (Å²) in [7, 11) is 0. The molecular formula is C72H92N6O7. The molecule has 13 nitrogen and oxygen atoms in total. The molecule has 6 aromatic rings. The number of nitrogen functional groups attached to an aromatic ring is 1. The van der Waals surface area contributed by atoms with Crippen molar-refractivity contribution < 1.29 is 33.9 Å². The van der Waals surface area contributed by atoms with Crippen molar-refractivity contribution in [2.24, 2.45) is 0 Å². The molecule has 0 heterocycles. The van der Waals surface area contributed by atoms with Crippen LogP contribution in [0.15, 0.2) is 146 Å². The Kier molecular flexibility index (Phi) is 28.5. The van der Waals surface area contributed by atoms with Gasteiger partial charge in [-0.05, 0) is 165 Å². The van der Waals surface area contributed by atoms with Crippen molar-refractivity contribution in [1.29, 1.82) is 0 Å². The number of hydrogen-bond donors (Lipinski definition) is 4. The highest BCUT2D eigenvalue weighted by Crippen LogP contribution is 2.26. The second-order valence-electron chi connectivity index (χ2n) is 22.4. The van der Waals surface area contributed by atoms with Crippen molar-refractivity contribution >= 4 is 69.6 Å². The van der Waals surface area contributed by atoms with Crippen molar-refractivity contribution in [3.63, 3.8) is 0 Å².